The number of allylic oxidation sites excluding steroid dienone is 2. The molecule has 52 heavy (non-hydrogen) atoms. The van der Waals surface area contributed by atoms with Crippen molar-refractivity contribution in [3.8, 4) is 28.5 Å². The van der Waals surface area contributed by atoms with Gasteiger partial charge in [-0.15, -0.1) is 11.3 Å². The quantitative estimate of drug-likeness (QED) is 0.163. The first kappa shape index (κ1) is 30.2. The fraction of sp³-hybridized carbons (Fsp3) is 0.0217. The Kier molecular flexibility index (Phi) is 6.98. The summed E-state index contributed by atoms with van der Waals surface area (Å²) < 4.78 is 11.1. The minimum atomic E-state index is 0.507. The number of aryl methyl sites for hydroxylation is 1. The van der Waals surface area contributed by atoms with Gasteiger partial charge in [0.05, 0.1) is 11.0 Å². The molecule has 0 saturated carbocycles. The molecule has 4 aromatic heterocycles. The second-order valence-corrected chi connectivity index (χ2v) is 14.0. The average Bonchev–Trinajstić information content (AvgIpc) is 3.86. The van der Waals surface area contributed by atoms with Gasteiger partial charge in [0.1, 0.15) is 11.3 Å². The summed E-state index contributed by atoms with van der Waals surface area (Å²) in [7, 11) is 0. The van der Waals surface area contributed by atoms with E-state index in [2.05, 4.69) is 109 Å². The monoisotopic (exact) mass is 686 g/mol. The lowest BCUT2D eigenvalue weighted by atomic mass is 10.1. The van der Waals surface area contributed by atoms with Gasteiger partial charge >= 0.3 is 0 Å². The van der Waals surface area contributed by atoms with Crippen LogP contribution < -0.4 is 0 Å². The molecule has 10 aromatic rings. The SMILES string of the molecule is C=C(/C=C\c1oc2ccccc2c1C)c1nc(-c2ccccc2)nc(-c2ccc(-n3c4ccccc4c4c5sc6ccccc6c5ccc43)cc2)n1. The number of hydrogen-bond acceptors (Lipinski definition) is 5. The van der Waals surface area contributed by atoms with Crippen LogP contribution in [0.2, 0.25) is 0 Å². The lowest BCUT2D eigenvalue weighted by molar-refractivity contribution is 0.601. The van der Waals surface area contributed by atoms with Gasteiger partial charge in [-0.05, 0) is 67.6 Å². The van der Waals surface area contributed by atoms with Crippen LogP contribution in [-0.4, -0.2) is 19.5 Å². The summed E-state index contributed by atoms with van der Waals surface area (Å²) in [5.74, 6) is 2.47. The number of thiophene rings is 1. The Hall–Kier alpha value is -6.63. The van der Waals surface area contributed by atoms with Crippen LogP contribution >= 0.6 is 11.3 Å². The summed E-state index contributed by atoms with van der Waals surface area (Å²) >= 11 is 1.87. The molecule has 0 amide bonds. The van der Waals surface area contributed by atoms with E-state index >= 15 is 0 Å². The fourth-order valence-corrected chi connectivity index (χ4v) is 8.50. The first-order valence-corrected chi connectivity index (χ1v) is 18.0. The maximum atomic E-state index is 6.12. The summed E-state index contributed by atoms with van der Waals surface area (Å²) in [6, 6.07) is 48.5. The number of furan rings is 1. The molecule has 0 aliphatic carbocycles. The van der Waals surface area contributed by atoms with Crippen LogP contribution in [0.25, 0.3) is 93.1 Å². The summed E-state index contributed by atoms with van der Waals surface area (Å²) in [6.45, 7) is 6.42. The topological polar surface area (TPSA) is 56.7 Å². The molecule has 0 N–H and O–H groups in total. The molecule has 0 atom stereocenters. The van der Waals surface area contributed by atoms with E-state index in [0.29, 0.717) is 23.0 Å². The first-order valence-electron chi connectivity index (χ1n) is 17.2. The normalized spacial score (nSPS) is 11.9. The number of hydrogen-bond donors (Lipinski definition) is 0. The number of rotatable bonds is 6. The van der Waals surface area contributed by atoms with E-state index in [1.165, 1.54) is 42.0 Å². The molecule has 0 aliphatic heterocycles. The minimum Gasteiger partial charge on any atom is -0.456 e. The third kappa shape index (κ3) is 4.88. The van der Waals surface area contributed by atoms with Crippen molar-refractivity contribution in [2.45, 2.75) is 6.92 Å². The van der Waals surface area contributed by atoms with Gasteiger partial charge in [-0.2, -0.15) is 0 Å². The Morgan fingerprint density at radius 1 is 0.635 bits per heavy atom. The van der Waals surface area contributed by atoms with Gasteiger partial charge < -0.3 is 8.98 Å². The van der Waals surface area contributed by atoms with Crippen LogP contribution in [0.15, 0.2) is 157 Å². The summed E-state index contributed by atoms with van der Waals surface area (Å²) in [4.78, 5) is 14.8. The molecule has 10 rings (SSSR count). The van der Waals surface area contributed by atoms with Crippen molar-refractivity contribution < 1.29 is 4.42 Å². The highest BCUT2D eigenvalue weighted by Crippen LogP contribution is 2.43. The lowest BCUT2D eigenvalue weighted by Crippen LogP contribution is -2.02. The van der Waals surface area contributed by atoms with Crippen LogP contribution in [0.3, 0.4) is 0 Å². The van der Waals surface area contributed by atoms with Gasteiger partial charge in [0.25, 0.3) is 0 Å². The van der Waals surface area contributed by atoms with E-state index in [1.54, 1.807) is 0 Å². The van der Waals surface area contributed by atoms with Crippen LogP contribution in [0.4, 0.5) is 0 Å². The molecule has 6 heteroatoms. The zero-order chi connectivity index (χ0) is 34.8. The van der Waals surface area contributed by atoms with E-state index in [1.807, 2.05) is 72.0 Å². The second kappa shape index (κ2) is 12.0. The predicted molar refractivity (Wildman–Crippen MR) is 217 cm³/mol. The van der Waals surface area contributed by atoms with Gasteiger partial charge in [0.2, 0.25) is 0 Å². The van der Waals surface area contributed by atoms with E-state index in [0.717, 1.165) is 39.1 Å². The van der Waals surface area contributed by atoms with E-state index < -0.39 is 0 Å². The molecule has 0 unspecified atom stereocenters. The molecular weight excluding hydrogens is 657 g/mol. The van der Waals surface area contributed by atoms with Crippen molar-refractivity contribution in [2.75, 3.05) is 0 Å². The maximum absolute atomic E-state index is 6.12. The molecule has 0 bridgehead atoms. The van der Waals surface area contributed by atoms with Crippen molar-refractivity contribution >= 4 is 75.9 Å². The molecule has 4 heterocycles. The van der Waals surface area contributed by atoms with Crippen molar-refractivity contribution in [1.82, 2.24) is 19.5 Å². The molecular formula is C46H30N4OS. The van der Waals surface area contributed by atoms with E-state index in [9.17, 15) is 0 Å². The number of nitrogens with zero attached hydrogens (tertiary/aromatic N) is 4. The fourth-order valence-electron chi connectivity index (χ4n) is 7.24. The highest BCUT2D eigenvalue weighted by molar-refractivity contribution is 7.26. The number of para-hydroxylation sites is 2. The van der Waals surface area contributed by atoms with Crippen LogP contribution in [0.5, 0.6) is 0 Å². The Balaban J connectivity index is 1.07. The molecule has 6 aromatic carbocycles. The zero-order valence-electron chi connectivity index (χ0n) is 28.2. The second-order valence-electron chi connectivity index (χ2n) is 13.0. The van der Waals surface area contributed by atoms with Crippen molar-refractivity contribution in [3.05, 3.63) is 169 Å². The number of benzene rings is 6. The van der Waals surface area contributed by atoms with Gasteiger partial charge in [0.15, 0.2) is 17.5 Å². The maximum Gasteiger partial charge on any atom is 0.164 e. The van der Waals surface area contributed by atoms with E-state index in [4.69, 9.17) is 19.4 Å². The molecule has 246 valence electrons. The molecule has 5 nitrogen and oxygen atoms in total. The van der Waals surface area contributed by atoms with Gasteiger partial charge in [-0.25, -0.2) is 15.0 Å². The van der Waals surface area contributed by atoms with Crippen molar-refractivity contribution in [3.63, 3.8) is 0 Å². The Morgan fingerprint density at radius 3 is 2.10 bits per heavy atom. The molecule has 0 spiro atoms. The average molecular weight is 687 g/mol. The standard InChI is InChI=1S/C46H30N4OS/c1-28(20-27-39-29(2)33-14-7-10-18-40(33)51-39)44-47-45(30-12-4-3-5-13-30)49-46(48-44)31-21-23-32(24-22-31)50-37-17-9-6-16-36(37)42-38(50)26-25-35-34-15-8-11-19-41(34)52-43(35)42/h3-27H,1H2,2H3/b27-20-. The lowest BCUT2D eigenvalue weighted by Gasteiger charge is -2.11. The summed E-state index contributed by atoms with van der Waals surface area (Å²) in [6.07, 6.45) is 3.86. The molecule has 0 radical (unpaired) electrons. The van der Waals surface area contributed by atoms with Gasteiger partial charge in [0, 0.05) is 64.3 Å². The third-order valence-corrected chi connectivity index (χ3v) is 11.0. The Labute approximate surface area is 303 Å². The van der Waals surface area contributed by atoms with Gasteiger partial charge in [-0.3, -0.25) is 0 Å². The zero-order valence-corrected chi connectivity index (χ0v) is 29.1. The van der Waals surface area contributed by atoms with Crippen molar-refractivity contribution in [2.24, 2.45) is 0 Å². The predicted octanol–water partition coefficient (Wildman–Crippen LogP) is 12.5. The summed E-state index contributed by atoms with van der Waals surface area (Å²) in [5.41, 5.74) is 7.83. The Morgan fingerprint density at radius 2 is 1.31 bits per heavy atom. The third-order valence-electron chi connectivity index (χ3n) is 9.83. The minimum absolute atomic E-state index is 0.507. The first-order chi connectivity index (χ1) is 25.6. The molecule has 0 aliphatic rings. The van der Waals surface area contributed by atoms with E-state index in [-0.39, 0.29) is 0 Å². The Bertz CT molecular complexity index is 3040. The highest BCUT2D eigenvalue weighted by Gasteiger charge is 2.18. The van der Waals surface area contributed by atoms with Crippen LogP contribution in [-0.2, 0) is 0 Å². The van der Waals surface area contributed by atoms with Crippen LogP contribution in [0, 0.1) is 6.92 Å². The van der Waals surface area contributed by atoms with Crippen LogP contribution in [0.1, 0.15) is 17.1 Å². The molecule has 0 saturated heterocycles. The largest absolute Gasteiger partial charge is 0.456 e. The number of aromatic nitrogens is 4. The highest BCUT2D eigenvalue weighted by atomic mass is 32.1. The summed E-state index contributed by atoms with van der Waals surface area (Å²) in [5, 5.41) is 6.24. The smallest absolute Gasteiger partial charge is 0.164 e. The van der Waals surface area contributed by atoms with Crippen molar-refractivity contribution in [1.29, 1.82) is 0 Å². The molecule has 0 fully saturated rings. The van der Waals surface area contributed by atoms with Gasteiger partial charge in [-0.1, -0.05) is 97.6 Å². The number of fused-ring (bicyclic) bond motifs is 8.